The van der Waals surface area contributed by atoms with Crippen molar-refractivity contribution in [1.82, 2.24) is 0 Å². The Morgan fingerprint density at radius 1 is 0.957 bits per heavy atom. The molecule has 1 atom stereocenters. The Bertz CT molecular complexity index is 612. The summed E-state index contributed by atoms with van der Waals surface area (Å²) in [5, 5.41) is 10.6. The lowest BCUT2D eigenvalue weighted by Crippen LogP contribution is -3.12. The van der Waals surface area contributed by atoms with Gasteiger partial charge in [0.15, 0.2) is 0 Å². The van der Waals surface area contributed by atoms with Crippen LogP contribution in [0.15, 0.2) is 58.3 Å². The van der Waals surface area contributed by atoms with E-state index < -0.39 is 0 Å². The van der Waals surface area contributed by atoms with Crippen LogP contribution in [0, 0.1) is 0 Å². The van der Waals surface area contributed by atoms with Crippen LogP contribution in [0.2, 0.25) is 0 Å². The lowest BCUT2D eigenvalue weighted by molar-refractivity contribution is -0.899. The third kappa shape index (κ3) is 3.55. The van der Waals surface area contributed by atoms with Gasteiger partial charge < -0.3 is 14.9 Å². The Balaban J connectivity index is 1.86. The molecule has 23 heavy (non-hydrogen) atoms. The SMILES string of the molecule is CC[NH+](CC)CC(O)CN1c2ccccc2Sc2ccccc21. The molecule has 2 aromatic rings. The van der Waals surface area contributed by atoms with Crippen molar-refractivity contribution in [3.63, 3.8) is 0 Å². The Kier molecular flexibility index (Phi) is 5.26. The van der Waals surface area contributed by atoms with Gasteiger partial charge in [0.25, 0.3) is 0 Å². The lowest BCUT2D eigenvalue weighted by atomic mass is 10.2. The summed E-state index contributed by atoms with van der Waals surface area (Å²) >= 11 is 1.81. The maximum atomic E-state index is 10.6. The molecule has 0 aliphatic carbocycles. The number of aliphatic hydroxyl groups is 1. The van der Waals surface area contributed by atoms with Crippen LogP contribution in [-0.2, 0) is 0 Å². The van der Waals surface area contributed by atoms with E-state index in [9.17, 15) is 5.11 Å². The highest BCUT2D eigenvalue weighted by Crippen LogP contribution is 2.47. The number of hydrogen-bond donors (Lipinski definition) is 2. The zero-order valence-corrected chi connectivity index (χ0v) is 14.6. The van der Waals surface area contributed by atoms with Crippen molar-refractivity contribution in [3.05, 3.63) is 48.5 Å². The van der Waals surface area contributed by atoms with Crippen molar-refractivity contribution < 1.29 is 10.0 Å². The molecule has 1 unspecified atom stereocenters. The molecule has 0 spiro atoms. The molecular weight excluding hydrogens is 304 g/mol. The molecule has 0 amide bonds. The van der Waals surface area contributed by atoms with Crippen LogP contribution >= 0.6 is 11.8 Å². The van der Waals surface area contributed by atoms with Crippen LogP contribution in [0.1, 0.15) is 13.8 Å². The number of aliphatic hydroxyl groups excluding tert-OH is 1. The van der Waals surface area contributed by atoms with Gasteiger partial charge in [0.05, 0.1) is 31.0 Å². The molecule has 0 aromatic heterocycles. The number of β-amino-alcohol motifs (C(OH)–C–C–N with tert-alkyl or cyclic N) is 1. The van der Waals surface area contributed by atoms with Gasteiger partial charge in [0.2, 0.25) is 0 Å². The first-order chi connectivity index (χ1) is 11.2. The zero-order valence-electron chi connectivity index (χ0n) is 13.8. The Hall–Kier alpha value is -1.49. The van der Waals surface area contributed by atoms with E-state index >= 15 is 0 Å². The van der Waals surface area contributed by atoms with Crippen LogP contribution in [-0.4, -0.2) is 37.4 Å². The highest BCUT2D eigenvalue weighted by atomic mass is 32.2. The largest absolute Gasteiger partial charge is 0.385 e. The van der Waals surface area contributed by atoms with Gasteiger partial charge in [0, 0.05) is 9.79 Å². The van der Waals surface area contributed by atoms with E-state index in [-0.39, 0.29) is 6.10 Å². The molecule has 122 valence electrons. The molecule has 3 rings (SSSR count). The number of anilines is 2. The van der Waals surface area contributed by atoms with Crippen LogP contribution < -0.4 is 9.80 Å². The molecule has 2 N–H and O–H groups in total. The van der Waals surface area contributed by atoms with Gasteiger partial charge >= 0.3 is 0 Å². The highest BCUT2D eigenvalue weighted by Gasteiger charge is 2.25. The molecule has 3 nitrogen and oxygen atoms in total. The molecule has 0 bridgehead atoms. The predicted octanol–water partition coefficient (Wildman–Crippen LogP) is 2.57. The van der Waals surface area contributed by atoms with Crippen LogP contribution in [0.25, 0.3) is 0 Å². The molecule has 2 aromatic carbocycles. The van der Waals surface area contributed by atoms with E-state index in [1.165, 1.54) is 26.1 Å². The first-order valence-corrected chi connectivity index (χ1v) is 9.19. The van der Waals surface area contributed by atoms with Gasteiger partial charge in [-0.05, 0) is 38.1 Å². The number of fused-ring (bicyclic) bond motifs is 2. The van der Waals surface area contributed by atoms with Gasteiger partial charge in [-0.2, -0.15) is 0 Å². The number of likely N-dealkylation sites (N-methyl/N-ethyl adjacent to an activating group) is 1. The quantitative estimate of drug-likeness (QED) is 0.853. The normalized spacial score (nSPS) is 14.5. The van der Waals surface area contributed by atoms with Crippen LogP contribution in [0.4, 0.5) is 11.4 Å². The topological polar surface area (TPSA) is 27.9 Å². The molecule has 4 heteroatoms. The number of hydrogen-bond acceptors (Lipinski definition) is 3. The smallest absolute Gasteiger partial charge is 0.121 e. The number of para-hydroxylation sites is 2. The van der Waals surface area contributed by atoms with Crippen molar-refractivity contribution in [2.75, 3.05) is 31.1 Å². The lowest BCUT2D eigenvalue weighted by Gasteiger charge is -2.34. The zero-order chi connectivity index (χ0) is 16.2. The molecule has 1 aliphatic rings. The van der Waals surface area contributed by atoms with E-state index in [1.807, 2.05) is 11.8 Å². The second kappa shape index (κ2) is 7.39. The van der Waals surface area contributed by atoms with E-state index in [2.05, 4.69) is 67.3 Å². The number of rotatable bonds is 6. The number of quaternary nitrogens is 1. The molecule has 1 aliphatic heterocycles. The molecule has 0 radical (unpaired) electrons. The summed E-state index contributed by atoms with van der Waals surface area (Å²) < 4.78 is 0. The van der Waals surface area contributed by atoms with Crippen molar-refractivity contribution in [2.45, 2.75) is 29.7 Å². The average Bonchev–Trinajstić information content (AvgIpc) is 2.59. The monoisotopic (exact) mass is 329 g/mol. The first kappa shape index (κ1) is 16.4. The minimum atomic E-state index is -0.339. The number of nitrogens with one attached hydrogen (secondary N) is 1. The van der Waals surface area contributed by atoms with Crippen molar-refractivity contribution in [3.8, 4) is 0 Å². The van der Waals surface area contributed by atoms with Gasteiger partial charge in [-0.1, -0.05) is 36.0 Å². The van der Waals surface area contributed by atoms with E-state index in [4.69, 9.17) is 0 Å². The van der Waals surface area contributed by atoms with Crippen LogP contribution in [0.3, 0.4) is 0 Å². The maximum absolute atomic E-state index is 10.6. The van der Waals surface area contributed by atoms with Gasteiger partial charge in [-0.25, -0.2) is 0 Å². The molecule has 0 saturated heterocycles. The van der Waals surface area contributed by atoms with E-state index in [1.54, 1.807) is 0 Å². The highest BCUT2D eigenvalue weighted by molar-refractivity contribution is 7.99. The molecule has 0 fully saturated rings. The average molecular weight is 329 g/mol. The van der Waals surface area contributed by atoms with Gasteiger partial charge in [0.1, 0.15) is 12.6 Å². The van der Waals surface area contributed by atoms with Crippen molar-refractivity contribution in [1.29, 1.82) is 0 Å². The summed E-state index contributed by atoms with van der Waals surface area (Å²) in [5.41, 5.74) is 2.40. The minimum Gasteiger partial charge on any atom is -0.385 e. The fraction of sp³-hybridized carbons (Fsp3) is 0.368. The standard InChI is InChI=1S/C19H24N2OS/c1-3-20(4-2)13-15(22)14-21-16-9-5-7-11-18(16)23-19-12-8-6-10-17(19)21/h5-12,15,22H,3-4,13-14H2,1-2H3/p+1. The summed E-state index contributed by atoms with van der Waals surface area (Å²) in [6.07, 6.45) is -0.339. The third-order valence-electron chi connectivity index (χ3n) is 4.45. The van der Waals surface area contributed by atoms with Crippen molar-refractivity contribution in [2.24, 2.45) is 0 Å². The van der Waals surface area contributed by atoms with Crippen molar-refractivity contribution >= 4 is 23.1 Å². The fourth-order valence-electron chi connectivity index (χ4n) is 3.13. The molecular formula is C19H25N2OS+. The Labute approximate surface area is 142 Å². The summed E-state index contributed by atoms with van der Waals surface area (Å²) in [7, 11) is 0. The maximum Gasteiger partial charge on any atom is 0.121 e. The molecule has 0 saturated carbocycles. The minimum absolute atomic E-state index is 0.339. The first-order valence-electron chi connectivity index (χ1n) is 8.38. The second-order valence-corrected chi connectivity index (χ2v) is 7.05. The summed E-state index contributed by atoms with van der Waals surface area (Å²) in [4.78, 5) is 6.22. The summed E-state index contributed by atoms with van der Waals surface area (Å²) in [6.45, 7) is 7.88. The fourth-order valence-corrected chi connectivity index (χ4v) is 4.22. The summed E-state index contributed by atoms with van der Waals surface area (Å²) in [6, 6.07) is 16.9. The van der Waals surface area contributed by atoms with Gasteiger partial charge in [-0.3, -0.25) is 0 Å². The third-order valence-corrected chi connectivity index (χ3v) is 5.58. The summed E-state index contributed by atoms with van der Waals surface area (Å²) in [5.74, 6) is 0. The molecule has 1 heterocycles. The van der Waals surface area contributed by atoms with Gasteiger partial charge in [-0.15, -0.1) is 0 Å². The predicted molar refractivity (Wildman–Crippen MR) is 96.9 cm³/mol. The van der Waals surface area contributed by atoms with E-state index in [0.717, 1.165) is 19.6 Å². The number of benzene rings is 2. The Morgan fingerprint density at radius 3 is 2.00 bits per heavy atom. The van der Waals surface area contributed by atoms with E-state index in [0.29, 0.717) is 6.54 Å². The second-order valence-electron chi connectivity index (χ2n) is 5.96. The Morgan fingerprint density at radius 2 is 1.48 bits per heavy atom. The van der Waals surface area contributed by atoms with Crippen LogP contribution in [0.5, 0.6) is 0 Å². The number of nitrogens with zero attached hydrogens (tertiary/aromatic N) is 1.